The van der Waals surface area contributed by atoms with Crippen LogP contribution in [0.15, 0.2) is 29.3 Å². The molecule has 1 unspecified atom stereocenters. The molecule has 22 heavy (non-hydrogen) atoms. The number of benzene rings is 1. The molecule has 1 amide bonds. The van der Waals surface area contributed by atoms with Gasteiger partial charge in [0.25, 0.3) is 5.91 Å². The van der Waals surface area contributed by atoms with Gasteiger partial charge < -0.3 is 5.32 Å². The van der Waals surface area contributed by atoms with Gasteiger partial charge in [-0.3, -0.25) is 4.79 Å². The van der Waals surface area contributed by atoms with E-state index >= 15 is 0 Å². The highest BCUT2D eigenvalue weighted by molar-refractivity contribution is 8.15. The van der Waals surface area contributed by atoms with Gasteiger partial charge in [-0.15, -0.1) is 0 Å². The monoisotopic (exact) mass is 330 g/mol. The van der Waals surface area contributed by atoms with E-state index in [0.717, 1.165) is 12.1 Å². The van der Waals surface area contributed by atoms with E-state index in [4.69, 9.17) is 0 Å². The zero-order chi connectivity index (χ0) is 16.5. The van der Waals surface area contributed by atoms with E-state index in [1.807, 2.05) is 13.8 Å². The van der Waals surface area contributed by atoms with Crippen LogP contribution in [0.5, 0.6) is 0 Å². The van der Waals surface area contributed by atoms with Crippen molar-refractivity contribution in [3.05, 3.63) is 35.4 Å². The minimum absolute atomic E-state index is 0.157. The molecule has 2 rings (SSSR count). The zero-order valence-electron chi connectivity index (χ0n) is 12.4. The van der Waals surface area contributed by atoms with E-state index in [1.54, 1.807) is 13.0 Å². The molecular formula is C15H17F3N2OS. The van der Waals surface area contributed by atoms with E-state index in [9.17, 15) is 18.0 Å². The Balaban J connectivity index is 2.09. The number of carbonyl (C=O) groups excluding carboxylic acids is 1. The molecule has 120 valence electrons. The fraction of sp³-hybridized carbons (Fsp3) is 0.467. The second-order valence-electron chi connectivity index (χ2n) is 5.53. The smallest absolute Gasteiger partial charge is 0.358 e. The number of hydrogen-bond donors (Lipinski definition) is 1. The predicted octanol–water partition coefficient (Wildman–Crippen LogP) is 4.01. The molecule has 7 heteroatoms. The quantitative estimate of drug-likeness (QED) is 0.910. The lowest BCUT2D eigenvalue weighted by molar-refractivity contribution is -0.137. The van der Waals surface area contributed by atoms with Crippen LogP contribution in [0.4, 0.5) is 13.2 Å². The van der Waals surface area contributed by atoms with Gasteiger partial charge in [0.05, 0.1) is 16.9 Å². The molecule has 1 N–H and O–H groups in total. The Labute approximate surface area is 131 Å². The summed E-state index contributed by atoms with van der Waals surface area (Å²) in [5, 5.41) is 3.25. The Morgan fingerprint density at radius 3 is 2.50 bits per heavy atom. The van der Waals surface area contributed by atoms with Crippen molar-refractivity contribution in [2.75, 3.05) is 0 Å². The molecule has 3 nitrogen and oxygen atoms in total. The van der Waals surface area contributed by atoms with Crippen molar-refractivity contribution in [2.24, 2.45) is 10.9 Å². The molecule has 0 aliphatic carbocycles. The van der Waals surface area contributed by atoms with Crippen molar-refractivity contribution >= 4 is 22.8 Å². The number of carbonyl (C=O) groups is 1. The maximum Gasteiger partial charge on any atom is 0.416 e. The van der Waals surface area contributed by atoms with Crippen molar-refractivity contribution in [1.82, 2.24) is 5.32 Å². The van der Waals surface area contributed by atoms with E-state index in [-0.39, 0.29) is 23.1 Å². The number of hydrogen-bond acceptors (Lipinski definition) is 3. The third-order valence-corrected chi connectivity index (χ3v) is 4.79. The fourth-order valence-electron chi connectivity index (χ4n) is 2.10. The van der Waals surface area contributed by atoms with Crippen molar-refractivity contribution < 1.29 is 18.0 Å². The maximum absolute atomic E-state index is 12.7. The molecule has 0 spiro atoms. The number of aliphatic imine (C=N–C) groups is 1. The van der Waals surface area contributed by atoms with Gasteiger partial charge in [-0.2, -0.15) is 18.2 Å². The Hall–Kier alpha value is -1.50. The summed E-state index contributed by atoms with van der Waals surface area (Å²) in [5.41, 5.74) is -0.186. The number of amidine groups is 1. The molecule has 0 saturated heterocycles. The molecule has 1 aliphatic rings. The average Bonchev–Trinajstić information content (AvgIpc) is 2.79. The normalized spacial score (nSPS) is 20.2. The second kappa shape index (κ2) is 6.32. The van der Waals surface area contributed by atoms with E-state index in [1.165, 1.54) is 17.8 Å². The summed E-state index contributed by atoms with van der Waals surface area (Å²) in [6.07, 6.45) is -4.37. The van der Waals surface area contributed by atoms with E-state index in [0.29, 0.717) is 10.7 Å². The average molecular weight is 330 g/mol. The largest absolute Gasteiger partial charge is 0.416 e. The summed E-state index contributed by atoms with van der Waals surface area (Å²) in [7, 11) is 0. The minimum Gasteiger partial charge on any atom is -0.358 e. The van der Waals surface area contributed by atoms with E-state index in [2.05, 4.69) is 10.3 Å². The Morgan fingerprint density at radius 1 is 1.27 bits per heavy atom. The molecule has 1 aromatic carbocycles. The van der Waals surface area contributed by atoms with Crippen molar-refractivity contribution in [3.63, 3.8) is 0 Å². The van der Waals surface area contributed by atoms with Crippen molar-refractivity contribution in [2.45, 2.75) is 38.2 Å². The number of nitrogens with one attached hydrogen (secondary N) is 1. The van der Waals surface area contributed by atoms with Gasteiger partial charge in [0.2, 0.25) is 0 Å². The van der Waals surface area contributed by atoms with Crippen LogP contribution in [0.3, 0.4) is 0 Å². The van der Waals surface area contributed by atoms with Crippen molar-refractivity contribution in [1.29, 1.82) is 0 Å². The van der Waals surface area contributed by atoms with Gasteiger partial charge in [-0.1, -0.05) is 37.7 Å². The lowest BCUT2D eigenvalue weighted by Gasteiger charge is -2.17. The van der Waals surface area contributed by atoms with Gasteiger partial charge in [-0.25, -0.2) is 0 Å². The molecule has 0 radical (unpaired) electrons. The summed E-state index contributed by atoms with van der Waals surface area (Å²) in [4.78, 5) is 15.7. The SMILES string of the molecule is CC(C)C1SC(N[C@@H](C)c2cccc(C(F)(F)F)c2)=NC1=O. The van der Waals surface area contributed by atoms with Crippen LogP contribution in [0.2, 0.25) is 0 Å². The van der Waals surface area contributed by atoms with E-state index < -0.39 is 11.7 Å². The number of amides is 1. The van der Waals surface area contributed by atoms with Crippen LogP contribution in [-0.2, 0) is 11.0 Å². The molecule has 1 aliphatic heterocycles. The second-order valence-corrected chi connectivity index (χ2v) is 6.66. The number of rotatable bonds is 3. The summed E-state index contributed by atoms with van der Waals surface area (Å²) >= 11 is 1.33. The van der Waals surface area contributed by atoms with Gasteiger partial charge in [0, 0.05) is 0 Å². The standard InChI is InChI=1S/C15H17F3N2OS/c1-8(2)12-13(21)20-14(22-12)19-9(3)10-5-4-6-11(7-10)15(16,17)18/h4-9,12H,1-3H3,(H,19,20,21)/t9-,12?/m0/s1. The number of thioether (sulfide) groups is 1. The Bertz CT molecular complexity index is 599. The van der Waals surface area contributed by atoms with Crippen LogP contribution in [0.25, 0.3) is 0 Å². The van der Waals surface area contributed by atoms with Crippen LogP contribution in [0.1, 0.15) is 37.9 Å². The first-order valence-electron chi connectivity index (χ1n) is 6.91. The predicted molar refractivity (Wildman–Crippen MR) is 81.7 cm³/mol. The Kier molecular flexibility index (Phi) is 4.84. The first-order valence-corrected chi connectivity index (χ1v) is 7.79. The fourth-order valence-corrected chi connectivity index (χ4v) is 3.15. The van der Waals surface area contributed by atoms with Crippen molar-refractivity contribution in [3.8, 4) is 0 Å². The van der Waals surface area contributed by atoms with Gasteiger partial charge in [0.15, 0.2) is 5.17 Å². The molecule has 2 atom stereocenters. The lowest BCUT2D eigenvalue weighted by atomic mass is 10.1. The zero-order valence-corrected chi connectivity index (χ0v) is 13.3. The summed E-state index contributed by atoms with van der Waals surface area (Å²) in [5.74, 6) is -0.0387. The first-order chi connectivity index (χ1) is 10.2. The van der Waals surface area contributed by atoms with Crippen LogP contribution >= 0.6 is 11.8 Å². The number of halogens is 3. The highest BCUT2D eigenvalue weighted by atomic mass is 32.2. The summed E-state index contributed by atoms with van der Waals surface area (Å²) < 4.78 is 38.2. The molecule has 0 fully saturated rings. The molecule has 0 aromatic heterocycles. The summed E-state index contributed by atoms with van der Waals surface area (Å²) in [6, 6.07) is 4.78. The van der Waals surface area contributed by atoms with Crippen LogP contribution in [-0.4, -0.2) is 16.3 Å². The molecule has 0 saturated carbocycles. The molecule has 0 bridgehead atoms. The van der Waals surface area contributed by atoms with Crippen LogP contribution < -0.4 is 5.32 Å². The highest BCUT2D eigenvalue weighted by Crippen LogP contribution is 2.32. The molecule has 1 aromatic rings. The van der Waals surface area contributed by atoms with Gasteiger partial charge >= 0.3 is 6.18 Å². The third-order valence-electron chi connectivity index (χ3n) is 3.35. The topological polar surface area (TPSA) is 41.5 Å². The lowest BCUT2D eigenvalue weighted by Crippen LogP contribution is -2.24. The number of nitrogens with zero attached hydrogens (tertiary/aromatic N) is 1. The third kappa shape index (κ3) is 3.82. The van der Waals surface area contributed by atoms with Crippen LogP contribution in [0, 0.1) is 5.92 Å². The minimum atomic E-state index is -4.37. The number of alkyl halides is 3. The highest BCUT2D eigenvalue weighted by Gasteiger charge is 2.33. The summed E-state index contributed by atoms with van der Waals surface area (Å²) in [6.45, 7) is 5.61. The molecule has 1 heterocycles. The Morgan fingerprint density at radius 2 is 1.95 bits per heavy atom. The maximum atomic E-state index is 12.7. The molecular weight excluding hydrogens is 313 g/mol. The first kappa shape index (κ1) is 16.9. The van der Waals surface area contributed by atoms with Gasteiger partial charge in [0.1, 0.15) is 0 Å². The van der Waals surface area contributed by atoms with Gasteiger partial charge in [-0.05, 0) is 30.5 Å².